The van der Waals surface area contributed by atoms with Crippen molar-refractivity contribution < 1.29 is 23.8 Å². The molecule has 2 amide bonds. The summed E-state index contributed by atoms with van der Waals surface area (Å²) in [5, 5.41) is 6.72. The molecule has 0 atom stereocenters. The molecular weight excluding hydrogens is 446 g/mol. The van der Waals surface area contributed by atoms with Crippen molar-refractivity contribution >= 4 is 23.7 Å². The van der Waals surface area contributed by atoms with Gasteiger partial charge in [0.25, 0.3) is 0 Å². The van der Waals surface area contributed by atoms with E-state index >= 15 is 0 Å². The van der Waals surface area contributed by atoms with E-state index in [0.29, 0.717) is 36.1 Å². The first-order chi connectivity index (χ1) is 17.1. The Morgan fingerprint density at radius 1 is 0.857 bits per heavy atom. The van der Waals surface area contributed by atoms with Crippen molar-refractivity contribution in [2.75, 3.05) is 19.0 Å². The smallest absolute Gasteiger partial charge is 0.240 e. The van der Waals surface area contributed by atoms with Crippen LogP contribution in [-0.4, -0.2) is 31.7 Å². The van der Waals surface area contributed by atoms with E-state index in [0.717, 1.165) is 11.1 Å². The summed E-state index contributed by atoms with van der Waals surface area (Å²) in [4.78, 5) is 24.2. The fraction of sp³-hybridized carbons (Fsp3) is 0.222. The molecule has 0 bridgehead atoms. The standard InChI is InChI=1S/C27H29N3O5/c1-3-34-25-17-21(13-14-24(25)35-19-20-9-5-4-6-10-20)18-28-30-27(32)16-15-26(31)29-22-11-7-8-12-23(22)33-2/h4-14,17-18H,3,15-16,19H2,1-2H3,(H,29,31)(H,30,32). The fourth-order valence-electron chi connectivity index (χ4n) is 3.15. The number of methoxy groups -OCH3 is 1. The van der Waals surface area contributed by atoms with Gasteiger partial charge in [-0.1, -0.05) is 42.5 Å². The van der Waals surface area contributed by atoms with Gasteiger partial charge in [-0.2, -0.15) is 5.10 Å². The van der Waals surface area contributed by atoms with Gasteiger partial charge in [-0.3, -0.25) is 9.59 Å². The monoisotopic (exact) mass is 475 g/mol. The first-order valence-electron chi connectivity index (χ1n) is 11.3. The molecule has 0 unspecified atom stereocenters. The summed E-state index contributed by atoms with van der Waals surface area (Å²) in [7, 11) is 1.53. The van der Waals surface area contributed by atoms with Gasteiger partial charge in [0, 0.05) is 12.8 Å². The molecule has 0 aliphatic heterocycles. The van der Waals surface area contributed by atoms with Gasteiger partial charge in [0.2, 0.25) is 11.8 Å². The zero-order chi connectivity index (χ0) is 24.9. The fourth-order valence-corrected chi connectivity index (χ4v) is 3.15. The third-order valence-electron chi connectivity index (χ3n) is 4.87. The van der Waals surface area contributed by atoms with Crippen LogP contribution in [0.4, 0.5) is 5.69 Å². The molecule has 0 aliphatic carbocycles. The minimum Gasteiger partial charge on any atom is -0.495 e. The van der Waals surface area contributed by atoms with Crippen LogP contribution >= 0.6 is 0 Å². The van der Waals surface area contributed by atoms with Crippen molar-refractivity contribution in [2.45, 2.75) is 26.4 Å². The van der Waals surface area contributed by atoms with Crippen molar-refractivity contribution in [1.82, 2.24) is 5.43 Å². The number of rotatable bonds is 12. The zero-order valence-corrected chi connectivity index (χ0v) is 19.8. The van der Waals surface area contributed by atoms with E-state index in [2.05, 4.69) is 15.8 Å². The molecule has 0 aromatic heterocycles. The average molecular weight is 476 g/mol. The molecule has 0 saturated carbocycles. The maximum atomic E-state index is 12.1. The number of para-hydroxylation sites is 2. The maximum Gasteiger partial charge on any atom is 0.240 e. The summed E-state index contributed by atoms with van der Waals surface area (Å²) in [6.45, 7) is 2.80. The van der Waals surface area contributed by atoms with Crippen LogP contribution in [0.25, 0.3) is 0 Å². The summed E-state index contributed by atoms with van der Waals surface area (Å²) in [6, 6.07) is 22.4. The maximum absolute atomic E-state index is 12.1. The number of nitrogens with zero attached hydrogens (tertiary/aromatic N) is 1. The number of nitrogens with one attached hydrogen (secondary N) is 2. The predicted octanol–water partition coefficient (Wildman–Crippen LogP) is 4.54. The topological polar surface area (TPSA) is 98.2 Å². The molecule has 8 nitrogen and oxygen atoms in total. The number of hydrogen-bond donors (Lipinski definition) is 2. The minimum absolute atomic E-state index is 0.00518. The Morgan fingerprint density at radius 2 is 1.60 bits per heavy atom. The summed E-state index contributed by atoms with van der Waals surface area (Å²) in [6.07, 6.45) is 1.52. The lowest BCUT2D eigenvalue weighted by atomic mass is 10.2. The summed E-state index contributed by atoms with van der Waals surface area (Å²) in [5.41, 5.74) is 4.78. The van der Waals surface area contributed by atoms with E-state index in [9.17, 15) is 9.59 Å². The molecule has 3 rings (SSSR count). The predicted molar refractivity (Wildman–Crippen MR) is 135 cm³/mol. The van der Waals surface area contributed by atoms with Crippen molar-refractivity contribution in [1.29, 1.82) is 0 Å². The lowest BCUT2D eigenvalue weighted by molar-refractivity contribution is -0.124. The molecule has 182 valence electrons. The number of carbonyl (C=O) groups is 2. The van der Waals surface area contributed by atoms with Crippen LogP contribution in [0.1, 0.15) is 30.9 Å². The lowest BCUT2D eigenvalue weighted by Crippen LogP contribution is -2.20. The van der Waals surface area contributed by atoms with Crippen LogP contribution in [0, 0.1) is 0 Å². The molecule has 0 heterocycles. The van der Waals surface area contributed by atoms with Crippen molar-refractivity contribution in [3.8, 4) is 17.2 Å². The number of hydrazone groups is 1. The Balaban J connectivity index is 1.49. The molecule has 2 N–H and O–H groups in total. The second kappa shape index (κ2) is 13.4. The highest BCUT2D eigenvalue weighted by Crippen LogP contribution is 2.29. The second-order valence-corrected chi connectivity index (χ2v) is 7.46. The molecule has 0 aliphatic rings. The van der Waals surface area contributed by atoms with E-state index in [4.69, 9.17) is 14.2 Å². The lowest BCUT2D eigenvalue weighted by Gasteiger charge is -2.12. The van der Waals surface area contributed by atoms with Crippen LogP contribution < -0.4 is 25.0 Å². The van der Waals surface area contributed by atoms with Crippen LogP contribution in [0.2, 0.25) is 0 Å². The molecule has 0 fully saturated rings. The van der Waals surface area contributed by atoms with Gasteiger partial charge in [-0.05, 0) is 48.4 Å². The van der Waals surface area contributed by atoms with Gasteiger partial charge in [0.05, 0.1) is 25.6 Å². The Kier molecular flexibility index (Phi) is 9.68. The zero-order valence-electron chi connectivity index (χ0n) is 19.8. The van der Waals surface area contributed by atoms with Crippen LogP contribution in [0.5, 0.6) is 17.2 Å². The number of carbonyl (C=O) groups excluding carboxylic acids is 2. The molecule has 0 radical (unpaired) electrons. The molecule has 3 aromatic rings. The van der Waals surface area contributed by atoms with Gasteiger partial charge in [0.15, 0.2) is 11.5 Å². The number of anilines is 1. The highest BCUT2D eigenvalue weighted by Gasteiger charge is 2.10. The van der Waals surface area contributed by atoms with Crippen molar-refractivity contribution in [3.63, 3.8) is 0 Å². The number of ether oxygens (including phenoxy) is 3. The third kappa shape index (κ3) is 8.19. The average Bonchev–Trinajstić information content (AvgIpc) is 2.88. The van der Waals surface area contributed by atoms with Crippen molar-refractivity contribution in [2.24, 2.45) is 5.10 Å². The van der Waals surface area contributed by atoms with E-state index in [-0.39, 0.29) is 24.7 Å². The molecule has 3 aromatic carbocycles. The highest BCUT2D eigenvalue weighted by molar-refractivity contribution is 5.94. The Labute approximate surface area is 204 Å². The van der Waals surface area contributed by atoms with E-state index in [1.54, 1.807) is 30.3 Å². The minimum atomic E-state index is -0.371. The van der Waals surface area contributed by atoms with Crippen LogP contribution in [-0.2, 0) is 16.2 Å². The van der Waals surface area contributed by atoms with E-state index < -0.39 is 0 Å². The van der Waals surface area contributed by atoms with Gasteiger partial charge in [-0.15, -0.1) is 0 Å². The third-order valence-corrected chi connectivity index (χ3v) is 4.87. The first-order valence-corrected chi connectivity index (χ1v) is 11.3. The molecule has 0 spiro atoms. The molecule has 0 saturated heterocycles. The van der Waals surface area contributed by atoms with E-state index in [1.807, 2.05) is 49.4 Å². The normalized spacial score (nSPS) is 10.6. The van der Waals surface area contributed by atoms with Crippen LogP contribution in [0.15, 0.2) is 77.9 Å². The number of hydrogen-bond acceptors (Lipinski definition) is 6. The van der Waals surface area contributed by atoms with Crippen LogP contribution in [0.3, 0.4) is 0 Å². The number of benzene rings is 3. The Hall–Kier alpha value is -4.33. The molecule has 8 heteroatoms. The molecule has 35 heavy (non-hydrogen) atoms. The summed E-state index contributed by atoms with van der Waals surface area (Å²) < 4.78 is 16.8. The summed E-state index contributed by atoms with van der Waals surface area (Å²) >= 11 is 0. The van der Waals surface area contributed by atoms with Gasteiger partial charge >= 0.3 is 0 Å². The Morgan fingerprint density at radius 3 is 2.37 bits per heavy atom. The first kappa shape index (κ1) is 25.3. The van der Waals surface area contributed by atoms with Gasteiger partial charge in [0.1, 0.15) is 12.4 Å². The highest BCUT2D eigenvalue weighted by atomic mass is 16.5. The SMILES string of the molecule is CCOc1cc(C=NNC(=O)CCC(=O)Nc2ccccc2OC)ccc1OCc1ccccc1. The Bertz CT molecular complexity index is 1150. The molecular formula is C27H29N3O5. The van der Waals surface area contributed by atoms with E-state index in [1.165, 1.54) is 13.3 Å². The summed E-state index contributed by atoms with van der Waals surface area (Å²) in [5.74, 6) is 1.10. The van der Waals surface area contributed by atoms with Gasteiger partial charge in [-0.25, -0.2) is 5.43 Å². The largest absolute Gasteiger partial charge is 0.495 e. The van der Waals surface area contributed by atoms with Crippen molar-refractivity contribution in [3.05, 3.63) is 83.9 Å². The van der Waals surface area contributed by atoms with Gasteiger partial charge < -0.3 is 19.5 Å². The number of amides is 2. The second-order valence-electron chi connectivity index (χ2n) is 7.46. The quantitative estimate of drug-likeness (QED) is 0.296.